The van der Waals surface area contributed by atoms with Gasteiger partial charge in [-0.05, 0) is 17.7 Å². The second kappa shape index (κ2) is 7.13. The number of nitrogens with two attached hydrogens (primary N) is 1. The maximum absolute atomic E-state index is 12.0. The summed E-state index contributed by atoms with van der Waals surface area (Å²) >= 11 is 1.52. The number of nitrogens with zero attached hydrogens (tertiary/aromatic N) is 2. The molecule has 0 aliphatic heterocycles. The first-order valence-electron chi connectivity index (χ1n) is 7.20. The predicted molar refractivity (Wildman–Crippen MR) is 92.0 cm³/mol. The number of thiazole rings is 1. The number of anilines is 1. The normalized spacial score (nSPS) is 10.5. The molecule has 1 aromatic carbocycles. The summed E-state index contributed by atoms with van der Waals surface area (Å²) in [5, 5.41) is 5.54. The second-order valence-electron chi connectivity index (χ2n) is 4.95. The van der Waals surface area contributed by atoms with Crippen molar-refractivity contribution in [2.45, 2.75) is 13.0 Å². The van der Waals surface area contributed by atoms with Gasteiger partial charge in [0.05, 0.1) is 12.1 Å². The number of aromatic nitrogens is 2. The molecule has 0 aliphatic carbocycles. The maximum Gasteiger partial charge on any atom is 0.231 e. The van der Waals surface area contributed by atoms with Crippen molar-refractivity contribution < 1.29 is 4.79 Å². The summed E-state index contributed by atoms with van der Waals surface area (Å²) in [5.74, 6) is 0.411. The molecule has 0 saturated heterocycles. The first-order valence-corrected chi connectivity index (χ1v) is 8.08. The lowest BCUT2D eigenvalue weighted by atomic mass is 10.1. The van der Waals surface area contributed by atoms with Gasteiger partial charge in [0.2, 0.25) is 5.91 Å². The van der Waals surface area contributed by atoms with Crippen LogP contribution < -0.4 is 11.1 Å². The SMILES string of the molecule is NCc1ccccc1-c1nc(CC(=O)Nc2ccccn2)cs1. The van der Waals surface area contributed by atoms with Crippen molar-refractivity contribution in [3.8, 4) is 10.6 Å². The van der Waals surface area contributed by atoms with E-state index in [9.17, 15) is 4.79 Å². The van der Waals surface area contributed by atoms with E-state index in [1.54, 1.807) is 18.3 Å². The van der Waals surface area contributed by atoms with Gasteiger partial charge in [-0.2, -0.15) is 0 Å². The number of rotatable bonds is 5. The molecule has 0 aliphatic rings. The zero-order valence-corrected chi connectivity index (χ0v) is 13.2. The van der Waals surface area contributed by atoms with Crippen molar-refractivity contribution in [1.82, 2.24) is 9.97 Å². The highest BCUT2D eigenvalue weighted by molar-refractivity contribution is 7.13. The largest absolute Gasteiger partial charge is 0.326 e. The van der Waals surface area contributed by atoms with E-state index in [0.29, 0.717) is 12.4 Å². The van der Waals surface area contributed by atoms with Crippen molar-refractivity contribution in [2.24, 2.45) is 5.73 Å². The Kier molecular flexibility index (Phi) is 4.75. The quantitative estimate of drug-likeness (QED) is 0.756. The molecule has 0 atom stereocenters. The molecule has 0 saturated carbocycles. The lowest BCUT2D eigenvalue weighted by Crippen LogP contribution is -2.15. The topological polar surface area (TPSA) is 80.9 Å². The van der Waals surface area contributed by atoms with E-state index >= 15 is 0 Å². The van der Waals surface area contributed by atoms with Crippen molar-refractivity contribution in [2.75, 3.05) is 5.32 Å². The molecule has 3 N–H and O–H groups in total. The minimum atomic E-state index is -0.132. The number of pyridine rings is 1. The molecule has 1 amide bonds. The minimum absolute atomic E-state index is 0.132. The summed E-state index contributed by atoms with van der Waals surface area (Å²) in [6, 6.07) is 13.3. The Bertz CT molecular complexity index is 801. The summed E-state index contributed by atoms with van der Waals surface area (Å²) in [7, 11) is 0. The highest BCUT2D eigenvalue weighted by Crippen LogP contribution is 2.27. The van der Waals surface area contributed by atoms with Crippen LogP contribution in [0.3, 0.4) is 0 Å². The Morgan fingerprint density at radius 2 is 2.00 bits per heavy atom. The number of amides is 1. The number of benzene rings is 1. The monoisotopic (exact) mass is 324 g/mol. The number of nitrogens with one attached hydrogen (secondary N) is 1. The van der Waals surface area contributed by atoms with Gasteiger partial charge in [0.1, 0.15) is 10.8 Å². The third kappa shape index (κ3) is 3.80. The Morgan fingerprint density at radius 1 is 1.17 bits per heavy atom. The molecule has 0 unspecified atom stereocenters. The molecule has 2 aromatic heterocycles. The number of hydrogen-bond donors (Lipinski definition) is 2. The molecule has 3 aromatic rings. The van der Waals surface area contributed by atoms with Crippen LogP contribution in [0.15, 0.2) is 54.0 Å². The molecule has 2 heterocycles. The van der Waals surface area contributed by atoms with Crippen LogP contribution >= 0.6 is 11.3 Å². The molecular weight excluding hydrogens is 308 g/mol. The molecule has 3 rings (SSSR count). The smallest absolute Gasteiger partial charge is 0.231 e. The second-order valence-corrected chi connectivity index (χ2v) is 5.80. The van der Waals surface area contributed by atoms with E-state index < -0.39 is 0 Å². The van der Waals surface area contributed by atoms with Crippen molar-refractivity contribution in [3.63, 3.8) is 0 Å². The highest BCUT2D eigenvalue weighted by Gasteiger charge is 2.11. The Balaban J connectivity index is 1.71. The molecule has 23 heavy (non-hydrogen) atoms. The van der Waals surface area contributed by atoms with Gasteiger partial charge in [-0.25, -0.2) is 9.97 Å². The van der Waals surface area contributed by atoms with Gasteiger partial charge in [0.15, 0.2) is 0 Å². The fourth-order valence-electron chi connectivity index (χ4n) is 2.21. The molecule has 5 nitrogen and oxygen atoms in total. The van der Waals surface area contributed by atoms with Crippen molar-refractivity contribution in [3.05, 3.63) is 65.3 Å². The molecular formula is C17H16N4OS. The average Bonchev–Trinajstić information content (AvgIpc) is 3.03. The Morgan fingerprint density at radius 3 is 2.78 bits per heavy atom. The van der Waals surface area contributed by atoms with Crippen molar-refractivity contribution >= 4 is 23.1 Å². The summed E-state index contributed by atoms with van der Waals surface area (Å²) < 4.78 is 0. The van der Waals surface area contributed by atoms with Crippen LogP contribution in [0, 0.1) is 0 Å². The van der Waals surface area contributed by atoms with Crippen LogP contribution in [0.2, 0.25) is 0 Å². The van der Waals surface area contributed by atoms with Gasteiger partial charge in [0.25, 0.3) is 0 Å². The minimum Gasteiger partial charge on any atom is -0.326 e. The van der Waals surface area contributed by atoms with Gasteiger partial charge in [0, 0.05) is 23.7 Å². The van der Waals surface area contributed by atoms with Crippen molar-refractivity contribution in [1.29, 1.82) is 0 Å². The standard InChI is InChI=1S/C17H16N4OS/c18-10-12-5-1-2-6-14(12)17-20-13(11-23-17)9-16(22)21-15-7-3-4-8-19-15/h1-8,11H,9-10,18H2,(H,19,21,22). The first-order chi connectivity index (χ1) is 11.3. The number of carbonyl (C=O) groups excluding carboxylic acids is 1. The average molecular weight is 324 g/mol. The third-order valence-corrected chi connectivity index (χ3v) is 4.22. The highest BCUT2D eigenvalue weighted by atomic mass is 32.1. The lowest BCUT2D eigenvalue weighted by Gasteiger charge is -2.04. The first kappa shape index (κ1) is 15.3. The number of carbonyl (C=O) groups is 1. The Hall–Kier alpha value is -2.57. The fourth-order valence-corrected chi connectivity index (χ4v) is 3.09. The van der Waals surface area contributed by atoms with Gasteiger partial charge in [-0.1, -0.05) is 30.3 Å². The zero-order valence-electron chi connectivity index (χ0n) is 12.4. The van der Waals surface area contributed by atoms with E-state index in [-0.39, 0.29) is 12.3 Å². The van der Waals surface area contributed by atoms with Crippen LogP contribution in [0.1, 0.15) is 11.3 Å². The summed E-state index contributed by atoms with van der Waals surface area (Å²) in [4.78, 5) is 20.7. The number of hydrogen-bond acceptors (Lipinski definition) is 5. The van der Waals surface area contributed by atoms with Crippen LogP contribution in [-0.2, 0) is 17.8 Å². The summed E-state index contributed by atoms with van der Waals surface area (Å²) in [6.07, 6.45) is 1.86. The van der Waals surface area contributed by atoms with E-state index in [1.807, 2.05) is 35.7 Å². The van der Waals surface area contributed by atoms with Crippen LogP contribution in [0.4, 0.5) is 5.82 Å². The van der Waals surface area contributed by atoms with Crippen LogP contribution in [0.25, 0.3) is 10.6 Å². The van der Waals surface area contributed by atoms with Crippen LogP contribution in [-0.4, -0.2) is 15.9 Å². The van der Waals surface area contributed by atoms with E-state index in [4.69, 9.17) is 5.73 Å². The van der Waals surface area contributed by atoms with Gasteiger partial charge >= 0.3 is 0 Å². The van der Waals surface area contributed by atoms with Crippen LogP contribution in [0.5, 0.6) is 0 Å². The van der Waals surface area contributed by atoms with Gasteiger partial charge in [-0.15, -0.1) is 11.3 Å². The lowest BCUT2D eigenvalue weighted by molar-refractivity contribution is -0.115. The Labute approximate surface area is 138 Å². The molecule has 0 bridgehead atoms. The van der Waals surface area contributed by atoms with E-state index in [2.05, 4.69) is 15.3 Å². The predicted octanol–water partition coefficient (Wildman–Crippen LogP) is 2.85. The fraction of sp³-hybridized carbons (Fsp3) is 0.118. The van der Waals surface area contributed by atoms with Gasteiger partial charge in [-0.3, -0.25) is 4.79 Å². The molecule has 0 fully saturated rings. The maximum atomic E-state index is 12.0. The van der Waals surface area contributed by atoms with E-state index in [0.717, 1.165) is 21.8 Å². The molecule has 0 spiro atoms. The molecule has 116 valence electrons. The van der Waals surface area contributed by atoms with Gasteiger partial charge < -0.3 is 11.1 Å². The molecule has 6 heteroatoms. The zero-order chi connectivity index (χ0) is 16.1. The summed E-state index contributed by atoms with van der Waals surface area (Å²) in [6.45, 7) is 0.464. The third-order valence-electron chi connectivity index (χ3n) is 3.29. The summed E-state index contributed by atoms with van der Waals surface area (Å²) in [5.41, 5.74) is 8.58. The van der Waals surface area contributed by atoms with E-state index in [1.165, 1.54) is 11.3 Å². The molecule has 0 radical (unpaired) electrons.